The molecule has 0 aliphatic carbocycles. The molecular weight excluding hydrogens is 223 g/mol. The highest BCUT2D eigenvalue weighted by Crippen LogP contribution is 2.45. The molecule has 1 amide bonds. The summed E-state index contributed by atoms with van der Waals surface area (Å²) in [4.78, 5) is 11.1. The number of para-hydroxylation sites is 1. The number of carbonyl (C=O) groups excluding carboxylic acids is 1. The number of rotatable bonds is 0. The fourth-order valence-electron chi connectivity index (χ4n) is 1.76. The molecular formula is C10H8F3NO2. The molecule has 86 valence electrons. The van der Waals surface area contributed by atoms with Crippen LogP contribution in [0, 0.1) is 0 Å². The summed E-state index contributed by atoms with van der Waals surface area (Å²) in [7, 11) is 0. The van der Waals surface area contributed by atoms with E-state index in [4.69, 9.17) is 0 Å². The van der Waals surface area contributed by atoms with Gasteiger partial charge in [0.1, 0.15) is 5.75 Å². The third-order valence-electron chi connectivity index (χ3n) is 2.50. The van der Waals surface area contributed by atoms with Gasteiger partial charge in [-0.2, -0.15) is 13.2 Å². The van der Waals surface area contributed by atoms with Gasteiger partial charge in [0.15, 0.2) is 0 Å². The second kappa shape index (κ2) is 3.40. The molecule has 16 heavy (non-hydrogen) atoms. The van der Waals surface area contributed by atoms with Crippen molar-refractivity contribution >= 4 is 11.6 Å². The van der Waals surface area contributed by atoms with Crippen LogP contribution < -0.4 is 5.32 Å². The van der Waals surface area contributed by atoms with E-state index in [0.29, 0.717) is 0 Å². The van der Waals surface area contributed by atoms with Crippen LogP contribution in [-0.2, 0) is 4.79 Å². The van der Waals surface area contributed by atoms with E-state index in [0.717, 1.165) is 0 Å². The number of hydrogen-bond donors (Lipinski definition) is 2. The van der Waals surface area contributed by atoms with Gasteiger partial charge in [-0.3, -0.25) is 4.79 Å². The zero-order valence-corrected chi connectivity index (χ0v) is 8.01. The van der Waals surface area contributed by atoms with Crippen LogP contribution in [0.3, 0.4) is 0 Å². The molecule has 1 aromatic rings. The number of aromatic hydroxyl groups is 1. The molecule has 1 aliphatic rings. The minimum Gasteiger partial charge on any atom is -0.506 e. The van der Waals surface area contributed by atoms with Gasteiger partial charge in [-0.25, -0.2) is 0 Å². The average Bonchev–Trinajstić information content (AvgIpc) is 2.17. The van der Waals surface area contributed by atoms with Crippen LogP contribution in [0.15, 0.2) is 18.2 Å². The van der Waals surface area contributed by atoms with Gasteiger partial charge >= 0.3 is 6.18 Å². The van der Waals surface area contributed by atoms with Crippen LogP contribution in [0.1, 0.15) is 17.9 Å². The Morgan fingerprint density at radius 2 is 2.06 bits per heavy atom. The van der Waals surface area contributed by atoms with E-state index in [1.54, 1.807) is 0 Å². The largest absolute Gasteiger partial charge is 0.506 e. The first-order valence-corrected chi connectivity index (χ1v) is 4.58. The van der Waals surface area contributed by atoms with Gasteiger partial charge in [-0.1, -0.05) is 12.1 Å². The number of hydrogen-bond acceptors (Lipinski definition) is 2. The Labute approximate surface area is 88.9 Å². The van der Waals surface area contributed by atoms with Gasteiger partial charge < -0.3 is 10.4 Å². The van der Waals surface area contributed by atoms with Crippen molar-refractivity contribution in [3.05, 3.63) is 23.8 Å². The molecule has 2 rings (SSSR count). The Bertz CT molecular complexity index is 442. The monoisotopic (exact) mass is 231 g/mol. The number of phenols is 1. The van der Waals surface area contributed by atoms with Crippen molar-refractivity contribution in [2.45, 2.75) is 18.5 Å². The van der Waals surface area contributed by atoms with Gasteiger partial charge in [0, 0.05) is 6.42 Å². The van der Waals surface area contributed by atoms with Crippen LogP contribution >= 0.6 is 0 Å². The molecule has 0 bridgehead atoms. The molecule has 0 spiro atoms. The van der Waals surface area contributed by atoms with Crippen LogP contribution in [0.5, 0.6) is 5.75 Å². The molecule has 0 fully saturated rings. The fourth-order valence-corrected chi connectivity index (χ4v) is 1.76. The first-order valence-electron chi connectivity index (χ1n) is 4.58. The normalized spacial score (nSPS) is 20.2. The molecule has 3 nitrogen and oxygen atoms in total. The highest BCUT2D eigenvalue weighted by molar-refractivity contribution is 5.96. The van der Waals surface area contributed by atoms with Crippen LogP contribution in [-0.4, -0.2) is 17.2 Å². The van der Waals surface area contributed by atoms with E-state index < -0.39 is 24.4 Å². The second-order valence-corrected chi connectivity index (χ2v) is 3.59. The first-order chi connectivity index (χ1) is 7.39. The molecule has 0 saturated carbocycles. The van der Waals surface area contributed by atoms with Gasteiger partial charge in [0.2, 0.25) is 5.91 Å². The molecule has 1 aromatic carbocycles. The van der Waals surface area contributed by atoms with Crippen molar-refractivity contribution in [1.82, 2.24) is 0 Å². The predicted octanol–water partition coefficient (Wildman–Crippen LogP) is 2.38. The summed E-state index contributed by atoms with van der Waals surface area (Å²) in [5.74, 6) is -2.93. The van der Waals surface area contributed by atoms with E-state index in [2.05, 4.69) is 5.32 Å². The van der Waals surface area contributed by atoms with Crippen LogP contribution in [0.2, 0.25) is 0 Å². The third-order valence-corrected chi connectivity index (χ3v) is 2.50. The zero-order valence-electron chi connectivity index (χ0n) is 8.01. The topological polar surface area (TPSA) is 49.3 Å². The van der Waals surface area contributed by atoms with E-state index >= 15 is 0 Å². The van der Waals surface area contributed by atoms with Crippen molar-refractivity contribution in [3.63, 3.8) is 0 Å². The number of nitrogens with one attached hydrogen (secondary N) is 1. The third kappa shape index (κ3) is 1.70. The fraction of sp³-hybridized carbons (Fsp3) is 0.300. The molecule has 1 aliphatic heterocycles. The Morgan fingerprint density at radius 1 is 1.38 bits per heavy atom. The van der Waals surface area contributed by atoms with E-state index in [9.17, 15) is 23.1 Å². The van der Waals surface area contributed by atoms with Crippen molar-refractivity contribution in [1.29, 1.82) is 0 Å². The maximum atomic E-state index is 12.7. The highest BCUT2D eigenvalue weighted by Gasteiger charge is 2.45. The molecule has 0 radical (unpaired) electrons. The zero-order chi connectivity index (χ0) is 11.9. The maximum Gasteiger partial charge on any atom is 0.396 e. The number of fused-ring (bicyclic) bond motifs is 1. The summed E-state index contributed by atoms with van der Waals surface area (Å²) in [6.45, 7) is 0. The van der Waals surface area contributed by atoms with E-state index in [1.807, 2.05) is 0 Å². The highest BCUT2D eigenvalue weighted by atomic mass is 19.4. The lowest BCUT2D eigenvalue weighted by Gasteiger charge is -2.27. The number of alkyl halides is 3. The lowest BCUT2D eigenvalue weighted by Crippen LogP contribution is -2.31. The molecule has 1 unspecified atom stereocenters. The van der Waals surface area contributed by atoms with Gasteiger partial charge in [-0.15, -0.1) is 0 Å². The molecule has 0 saturated heterocycles. The average molecular weight is 231 g/mol. The summed E-state index contributed by atoms with van der Waals surface area (Å²) in [6.07, 6.45) is -5.12. The standard InChI is InChI=1S/C10H8F3NO2/c11-10(12,13)6-4-8(16)14-9-5(6)2-1-3-7(9)15/h1-3,6,15H,4H2,(H,14,16). The number of halogens is 3. The quantitative estimate of drug-likeness (QED) is 0.673. The van der Waals surface area contributed by atoms with Gasteiger partial charge in [0.05, 0.1) is 11.6 Å². The van der Waals surface area contributed by atoms with Crippen molar-refractivity contribution in [3.8, 4) is 5.75 Å². The van der Waals surface area contributed by atoms with Crippen LogP contribution in [0.25, 0.3) is 0 Å². The predicted molar refractivity (Wildman–Crippen MR) is 50.1 cm³/mol. The van der Waals surface area contributed by atoms with E-state index in [1.165, 1.54) is 18.2 Å². The maximum absolute atomic E-state index is 12.7. The SMILES string of the molecule is O=C1CC(C(F)(F)F)c2cccc(O)c2N1. The number of amides is 1. The summed E-state index contributed by atoms with van der Waals surface area (Å²) in [6, 6.07) is 3.81. The molecule has 1 atom stereocenters. The lowest BCUT2D eigenvalue weighted by atomic mass is 9.90. The Kier molecular flexibility index (Phi) is 2.29. The van der Waals surface area contributed by atoms with Crippen molar-refractivity contribution in [2.75, 3.05) is 5.32 Å². The Hall–Kier alpha value is -1.72. The molecule has 2 N–H and O–H groups in total. The number of phenolic OH excluding ortho intramolecular Hbond substituents is 1. The van der Waals surface area contributed by atoms with Crippen molar-refractivity contribution in [2.24, 2.45) is 0 Å². The number of anilines is 1. The first kappa shape index (κ1) is 10.8. The number of benzene rings is 1. The van der Waals surface area contributed by atoms with E-state index in [-0.39, 0.29) is 17.0 Å². The summed E-state index contributed by atoms with van der Waals surface area (Å²) in [5.41, 5.74) is -0.229. The minimum atomic E-state index is -4.49. The Morgan fingerprint density at radius 3 is 2.69 bits per heavy atom. The minimum absolute atomic E-state index is 0.0906. The van der Waals surface area contributed by atoms with Gasteiger partial charge in [0.25, 0.3) is 0 Å². The summed E-state index contributed by atoms with van der Waals surface area (Å²) < 4.78 is 38.0. The summed E-state index contributed by atoms with van der Waals surface area (Å²) in [5, 5.41) is 11.6. The number of carbonyl (C=O) groups is 1. The lowest BCUT2D eigenvalue weighted by molar-refractivity contribution is -0.156. The van der Waals surface area contributed by atoms with Gasteiger partial charge in [-0.05, 0) is 11.6 Å². The second-order valence-electron chi connectivity index (χ2n) is 3.59. The molecule has 6 heteroatoms. The summed E-state index contributed by atoms with van der Waals surface area (Å²) >= 11 is 0. The van der Waals surface area contributed by atoms with Crippen LogP contribution in [0.4, 0.5) is 18.9 Å². The Balaban J connectivity index is 2.55. The van der Waals surface area contributed by atoms with Crippen molar-refractivity contribution < 1.29 is 23.1 Å². The molecule has 1 heterocycles. The smallest absolute Gasteiger partial charge is 0.396 e. The molecule has 0 aromatic heterocycles.